The minimum absolute atomic E-state index is 0.842. The van der Waals surface area contributed by atoms with Crippen LogP contribution in [0.2, 0.25) is 0 Å². The summed E-state index contributed by atoms with van der Waals surface area (Å²) in [5.41, 5.74) is 0. The fourth-order valence-corrected chi connectivity index (χ4v) is 3.06. The molecule has 0 radical (unpaired) electrons. The van der Waals surface area contributed by atoms with Crippen molar-refractivity contribution in [3.63, 3.8) is 0 Å². The van der Waals surface area contributed by atoms with Gasteiger partial charge < -0.3 is 5.32 Å². The molecule has 0 bridgehead atoms. The maximum absolute atomic E-state index is 3.54. The first kappa shape index (κ1) is 10.4. The van der Waals surface area contributed by atoms with Gasteiger partial charge in [-0.2, -0.15) is 0 Å². The van der Waals surface area contributed by atoms with Crippen molar-refractivity contribution in [2.24, 2.45) is 0 Å². The highest BCUT2D eigenvalue weighted by Crippen LogP contribution is 2.24. The summed E-state index contributed by atoms with van der Waals surface area (Å²) in [5, 5.41) is 3.54. The number of hydrogen-bond acceptors (Lipinski definition) is 2. The molecule has 2 heteroatoms. The van der Waals surface area contributed by atoms with Gasteiger partial charge in [-0.1, -0.05) is 13.3 Å². The molecule has 0 aromatic heterocycles. The van der Waals surface area contributed by atoms with Gasteiger partial charge in [0.25, 0.3) is 0 Å². The molecule has 0 amide bonds. The molecule has 2 heterocycles. The lowest BCUT2D eigenvalue weighted by Crippen LogP contribution is -2.52. The van der Waals surface area contributed by atoms with E-state index in [2.05, 4.69) is 17.1 Å². The molecule has 0 saturated carbocycles. The summed E-state index contributed by atoms with van der Waals surface area (Å²) in [5.74, 6) is 0. The zero-order valence-electron chi connectivity index (χ0n) is 9.47. The smallest absolute Gasteiger partial charge is 0.0224 e. The van der Waals surface area contributed by atoms with Crippen molar-refractivity contribution >= 4 is 0 Å². The maximum Gasteiger partial charge on any atom is 0.0224 e. The second-order valence-electron chi connectivity index (χ2n) is 4.80. The van der Waals surface area contributed by atoms with Crippen LogP contribution >= 0.6 is 0 Å². The molecule has 1 N–H and O–H groups in total. The second kappa shape index (κ2) is 5.13. The minimum Gasteiger partial charge on any atom is -0.315 e. The monoisotopic (exact) mass is 196 g/mol. The fourth-order valence-electron chi connectivity index (χ4n) is 3.06. The van der Waals surface area contributed by atoms with Crippen LogP contribution in [0.3, 0.4) is 0 Å². The Bertz CT molecular complexity index is 164. The molecule has 0 spiro atoms. The Balaban J connectivity index is 1.91. The van der Waals surface area contributed by atoms with E-state index < -0.39 is 0 Å². The van der Waals surface area contributed by atoms with Crippen molar-refractivity contribution in [2.75, 3.05) is 19.6 Å². The third-order valence-corrected chi connectivity index (χ3v) is 3.88. The highest BCUT2D eigenvalue weighted by molar-refractivity contribution is 4.85. The van der Waals surface area contributed by atoms with Gasteiger partial charge in [-0.25, -0.2) is 0 Å². The molecule has 2 rings (SSSR count). The molecule has 0 unspecified atom stereocenters. The number of piperidine rings is 2. The molecule has 2 fully saturated rings. The zero-order valence-corrected chi connectivity index (χ0v) is 9.47. The Morgan fingerprint density at radius 3 is 2.86 bits per heavy atom. The third-order valence-electron chi connectivity index (χ3n) is 3.88. The molecule has 0 aromatic carbocycles. The van der Waals surface area contributed by atoms with Crippen LogP contribution < -0.4 is 5.32 Å². The van der Waals surface area contributed by atoms with Crippen LogP contribution in [0.5, 0.6) is 0 Å². The number of likely N-dealkylation sites (tertiary alicyclic amines) is 1. The topological polar surface area (TPSA) is 15.3 Å². The summed E-state index contributed by atoms with van der Waals surface area (Å²) in [4.78, 5) is 2.79. The molecule has 0 aliphatic carbocycles. The van der Waals surface area contributed by atoms with Gasteiger partial charge in [0.2, 0.25) is 0 Å². The molecule has 2 atom stereocenters. The number of nitrogens with zero attached hydrogens (tertiary/aromatic N) is 1. The van der Waals surface area contributed by atoms with Gasteiger partial charge in [-0.15, -0.1) is 0 Å². The van der Waals surface area contributed by atoms with E-state index in [0.717, 1.165) is 12.1 Å². The summed E-state index contributed by atoms with van der Waals surface area (Å²) in [6.07, 6.45) is 8.45. The summed E-state index contributed by atoms with van der Waals surface area (Å²) in [6.45, 7) is 6.17. The lowest BCUT2D eigenvalue weighted by molar-refractivity contribution is 0.0771. The molecule has 2 aliphatic rings. The summed E-state index contributed by atoms with van der Waals surface area (Å²) in [6, 6.07) is 1.72. The van der Waals surface area contributed by atoms with Gasteiger partial charge in [0.15, 0.2) is 0 Å². The number of hydrogen-bond donors (Lipinski definition) is 1. The van der Waals surface area contributed by atoms with Crippen LogP contribution in [0.25, 0.3) is 0 Å². The van der Waals surface area contributed by atoms with Crippen molar-refractivity contribution in [1.82, 2.24) is 10.2 Å². The van der Waals surface area contributed by atoms with Gasteiger partial charge in [0, 0.05) is 18.6 Å². The Hall–Kier alpha value is -0.0800. The van der Waals surface area contributed by atoms with Crippen LogP contribution in [0, 0.1) is 0 Å². The van der Waals surface area contributed by atoms with E-state index >= 15 is 0 Å². The first-order valence-electron chi connectivity index (χ1n) is 6.38. The van der Waals surface area contributed by atoms with Crippen LogP contribution in [-0.4, -0.2) is 36.6 Å². The average Bonchev–Trinajstić information content (AvgIpc) is 2.30. The average molecular weight is 196 g/mol. The van der Waals surface area contributed by atoms with Crippen molar-refractivity contribution in [3.05, 3.63) is 0 Å². The van der Waals surface area contributed by atoms with Crippen molar-refractivity contribution in [1.29, 1.82) is 0 Å². The third kappa shape index (κ3) is 2.29. The lowest BCUT2D eigenvalue weighted by Gasteiger charge is -2.42. The molecule has 14 heavy (non-hydrogen) atoms. The van der Waals surface area contributed by atoms with E-state index in [4.69, 9.17) is 0 Å². The standard InChI is InChI=1S/C12H24N2/c1-2-11-6-3-4-9-14(11)12-7-5-8-13-10-12/h11-13H,2-10H2,1H3/t11-,12-/m0/s1. The molecule has 2 saturated heterocycles. The van der Waals surface area contributed by atoms with E-state index in [-0.39, 0.29) is 0 Å². The van der Waals surface area contributed by atoms with E-state index in [1.165, 1.54) is 58.2 Å². The predicted octanol–water partition coefficient (Wildman–Crippen LogP) is 2.00. The Kier molecular flexibility index (Phi) is 3.82. The summed E-state index contributed by atoms with van der Waals surface area (Å²) < 4.78 is 0. The van der Waals surface area contributed by atoms with E-state index in [0.29, 0.717) is 0 Å². The summed E-state index contributed by atoms with van der Waals surface area (Å²) in [7, 11) is 0. The molecule has 2 aliphatic heterocycles. The van der Waals surface area contributed by atoms with Crippen LogP contribution in [-0.2, 0) is 0 Å². The highest BCUT2D eigenvalue weighted by atomic mass is 15.2. The molecule has 0 aromatic rings. The van der Waals surface area contributed by atoms with Gasteiger partial charge in [-0.05, 0) is 45.2 Å². The van der Waals surface area contributed by atoms with Crippen molar-refractivity contribution in [2.45, 2.75) is 57.5 Å². The van der Waals surface area contributed by atoms with Gasteiger partial charge in [0.1, 0.15) is 0 Å². The lowest BCUT2D eigenvalue weighted by atomic mass is 9.95. The van der Waals surface area contributed by atoms with E-state index in [1.807, 2.05) is 0 Å². The Labute approximate surface area is 88.1 Å². The first-order valence-corrected chi connectivity index (χ1v) is 6.38. The molecular formula is C12H24N2. The van der Waals surface area contributed by atoms with Gasteiger partial charge in [-0.3, -0.25) is 4.90 Å². The SMILES string of the molecule is CC[C@H]1CCCCN1[C@H]1CCCNC1. The number of rotatable bonds is 2. The Morgan fingerprint density at radius 1 is 1.21 bits per heavy atom. The molecule has 82 valence electrons. The van der Waals surface area contributed by atoms with Crippen LogP contribution in [0.1, 0.15) is 45.4 Å². The van der Waals surface area contributed by atoms with Gasteiger partial charge in [0.05, 0.1) is 0 Å². The second-order valence-corrected chi connectivity index (χ2v) is 4.80. The quantitative estimate of drug-likeness (QED) is 0.727. The van der Waals surface area contributed by atoms with Crippen molar-refractivity contribution < 1.29 is 0 Å². The zero-order chi connectivity index (χ0) is 9.80. The van der Waals surface area contributed by atoms with Gasteiger partial charge >= 0.3 is 0 Å². The highest BCUT2D eigenvalue weighted by Gasteiger charge is 2.28. The predicted molar refractivity (Wildman–Crippen MR) is 60.5 cm³/mol. The largest absolute Gasteiger partial charge is 0.315 e. The van der Waals surface area contributed by atoms with Crippen molar-refractivity contribution in [3.8, 4) is 0 Å². The molecule has 2 nitrogen and oxygen atoms in total. The van der Waals surface area contributed by atoms with Crippen LogP contribution in [0.15, 0.2) is 0 Å². The summed E-state index contributed by atoms with van der Waals surface area (Å²) >= 11 is 0. The normalized spacial score (nSPS) is 35.8. The first-order chi connectivity index (χ1) is 6.92. The Morgan fingerprint density at radius 2 is 2.14 bits per heavy atom. The minimum atomic E-state index is 0.842. The number of nitrogens with one attached hydrogen (secondary N) is 1. The van der Waals surface area contributed by atoms with E-state index in [1.54, 1.807) is 0 Å². The van der Waals surface area contributed by atoms with Crippen LogP contribution in [0.4, 0.5) is 0 Å². The fraction of sp³-hybridized carbons (Fsp3) is 1.00. The maximum atomic E-state index is 3.54. The molecular weight excluding hydrogens is 172 g/mol. The van der Waals surface area contributed by atoms with E-state index in [9.17, 15) is 0 Å².